The summed E-state index contributed by atoms with van der Waals surface area (Å²) in [6.07, 6.45) is 7.09. The Morgan fingerprint density at radius 3 is 2.30 bits per heavy atom. The molecule has 1 aromatic carbocycles. The molecule has 23 heavy (non-hydrogen) atoms. The minimum absolute atomic E-state index is 0.384. The van der Waals surface area contributed by atoms with Crippen LogP contribution in [0.5, 0.6) is 5.75 Å². The Morgan fingerprint density at radius 1 is 1.00 bits per heavy atom. The molecule has 0 saturated carbocycles. The molecule has 1 fully saturated rings. The first-order valence-electron chi connectivity index (χ1n) is 8.89. The van der Waals surface area contributed by atoms with E-state index < -0.39 is 0 Å². The molecule has 0 amide bonds. The van der Waals surface area contributed by atoms with Crippen LogP contribution in [0.3, 0.4) is 0 Å². The Kier molecular flexibility index (Phi) is 8.41. The van der Waals surface area contributed by atoms with E-state index in [0.717, 1.165) is 36.3 Å². The van der Waals surface area contributed by atoms with Gasteiger partial charge in [-0.25, -0.2) is 0 Å². The van der Waals surface area contributed by atoms with Gasteiger partial charge in [0.1, 0.15) is 5.75 Å². The van der Waals surface area contributed by atoms with Crippen LogP contribution in [0.1, 0.15) is 46.0 Å². The van der Waals surface area contributed by atoms with Gasteiger partial charge < -0.3 is 9.47 Å². The predicted octanol–water partition coefficient (Wildman–Crippen LogP) is 4.89. The highest BCUT2D eigenvalue weighted by molar-refractivity contribution is 9.10. The summed E-state index contributed by atoms with van der Waals surface area (Å²) in [5, 5.41) is 0. The van der Waals surface area contributed by atoms with E-state index in [1.807, 2.05) is 24.3 Å². The van der Waals surface area contributed by atoms with Gasteiger partial charge in [0.25, 0.3) is 0 Å². The Morgan fingerprint density at radius 2 is 1.61 bits per heavy atom. The van der Waals surface area contributed by atoms with Crippen molar-refractivity contribution >= 4 is 15.9 Å². The second-order valence-corrected chi connectivity index (χ2v) is 7.50. The molecule has 3 nitrogen and oxygen atoms in total. The van der Waals surface area contributed by atoms with Gasteiger partial charge in [-0.3, -0.25) is 4.90 Å². The molecule has 0 bridgehead atoms. The second kappa shape index (κ2) is 10.3. The van der Waals surface area contributed by atoms with Crippen molar-refractivity contribution in [3.63, 3.8) is 0 Å². The second-order valence-electron chi connectivity index (χ2n) is 6.59. The number of hydrogen-bond acceptors (Lipinski definition) is 3. The Hall–Kier alpha value is -0.580. The predicted molar refractivity (Wildman–Crippen MR) is 99.2 cm³/mol. The van der Waals surface area contributed by atoms with E-state index in [1.165, 1.54) is 32.2 Å². The summed E-state index contributed by atoms with van der Waals surface area (Å²) >= 11 is 3.43. The Balaban J connectivity index is 1.44. The van der Waals surface area contributed by atoms with Crippen LogP contribution in [0.25, 0.3) is 0 Å². The van der Waals surface area contributed by atoms with Crippen LogP contribution in [-0.2, 0) is 4.74 Å². The van der Waals surface area contributed by atoms with E-state index in [4.69, 9.17) is 9.47 Å². The summed E-state index contributed by atoms with van der Waals surface area (Å²) in [5.41, 5.74) is 0. The van der Waals surface area contributed by atoms with Crippen molar-refractivity contribution < 1.29 is 9.47 Å². The van der Waals surface area contributed by atoms with E-state index in [1.54, 1.807) is 0 Å². The summed E-state index contributed by atoms with van der Waals surface area (Å²) in [7, 11) is 0. The molecule has 0 unspecified atom stereocenters. The average molecular weight is 384 g/mol. The third-order valence-electron chi connectivity index (χ3n) is 4.20. The van der Waals surface area contributed by atoms with E-state index in [9.17, 15) is 0 Å². The van der Waals surface area contributed by atoms with Crippen LogP contribution in [0, 0.1) is 0 Å². The average Bonchev–Trinajstić information content (AvgIpc) is 2.51. The van der Waals surface area contributed by atoms with Gasteiger partial charge in [-0.05, 0) is 57.5 Å². The van der Waals surface area contributed by atoms with Gasteiger partial charge in [0.15, 0.2) is 0 Å². The normalized spacial score (nSPS) is 22.2. The molecular weight excluding hydrogens is 354 g/mol. The first-order chi connectivity index (χ1) is 11.1. The summed E-state index contributed by atoms with van der Waals surface area (Å²) in [4.78, 5) is 2.55. The lowest BCUT2D eigenvalue weighted by Gasteiger charge is -2.35. The number of rotatable bonds is 9. The van der Waals surface area contributed by atoms with Crippen LogP contribution >= 0.6 is 15.9 Å². The van der Waals surface area contributed by atoms with Gasteiger partial charge in [0, 0.05) is 17.6 Å². The maximum Gasteiger partial charge on any atom is 0.119 e. The summed E-state index contributed by atoms with van der Waals surface area (Å²) < 4.78 is 12.6. The van der Waals surface area contributed by atoms with Gasteiger partial charge in [-0.2, -0.15) is 0 Å². The Bertz CT molecular complexity index is 428. The van der Waals surface area contributed by atoms with Crippen molar-refractivity contribution in [1.29, 1.82) is 0 Å². The lowest BCUT2D eigenvalue weighted by molar-refractivity contribution is -0.0681. The number of morpholine rings is 1. The highest BCUT2D eigenvalue weighted by Gasteiger charge is 2.21. The summed E-state index contributed by atoms with van der Waals surface area (Å²) in [6, 6.07) is 8.05. The Labute approximate surface area is 149 Å². The number of hydrogen-bond donors (Lipinski definition) is 0. The summed E-state index contributed by atoms with van der Waals surface area (Å²) in [6.45, 7) is 8.56. The molecule has 4 heteroatoms. The van der Waals surface area contributed by atoms with Gasteiger partial charge >= 0.3 is 0 Å². The SMILES string of the molecule is C[C@@H]1CN(CCCCCCCOc2ccc(Br)cc2)C[C@H](C)O1. The summed E-state index contributed by atoms with van der Waals surface area (Å²) in [5.74, 6) is 0.962. The van der Waals surface area contributed by atoms with Crippen LogP contribution < -0.4 is 4.74 Å². The van der Waals surface area contributed by atoms with Crippen molar-refractivity contribution in [2.75, 3.05) is 26.2 Å². The maximum absolute atomic E-state index is 5.77. The van der Waals surface area contributed by atoms with E-state index in [0.29, 0.717) is 12.2 Å². The highest BCUT2D eigenvalue weighted by Crippen LogP contribution is 2.17. The number of unbranched alkanes of at least 4 members (excludes halogenated alkanes) is 4. The molecule has 2 rings (SSSR count). The van der Waals surface area contributed by atoms with Crippen LogP contribution in [-0.4, -0.2) is 43.3 Å². The smallest absolute Gasteiger partial charge is 0.119 e. The first kappa shape index (κ1) is 18.8. The molecule has 1 aliphatic rings. The molecule has 0 spiro atoms. The number of benzene rings is 1. The third kappa shape index (κ3) is 7.69. The van der Waals surface area contributed by atoms with Crippen LogP contribution in [0.4, 0.5) is 0 Å². The lowest BCUT2D eigenvalue weighted by Crippen LogP contribution is -2.45. The fourth-order valence-corrected chi connectivity index (χ4v) is 3.42. The topological polar surface area (TPSA) is 21.7 Å². The number of nitrogens with zero attached hydrogens (tertiary/aromatic N) is 1. The van der Waals surface area contributed by atoms with Crippen molar-refractivity contribution in [1.82, 2.24) is 4.90 Å². The van der Waals surface area contributed by atoms with Crippen LogP contribution in [0.2, 0.25) is 0 Å². The maximum atomic E-state index is 5.77. The lowest BCUT2D eigenvalue weighted by atomic mass is 10.1. The monoisotopic (exact) mass is 383 g/mol. The van der Waals surface area contributed by atoms with Gasteiger partial charge in [-0.1, -0.05) is 35.2 Å². The molecular formula is C19H30BrNO2. The van der Waals surface area contributed by atoms with E-state index in [2.05, 4.69) is 34.7 Å². The molecule has 1 heterocycles. The molecule has 2 atom stereocenters. The fraction of sp³-hybridized carbons (Fsp3) is 0.684. The minimum Gasteiger partial charge on any atom is -0.494 e. The first-order valence-corrected chi connectivity index (χ1v) is 9.69. The molecule has 0 radical (unpaired) electrons. The van der Waals surface area contributed by atoms with Crippen molar-refractivity contribution in [3.05, 3.63) is 28.7 Å². The van der Waals surface area contributed by atoms with E-state index >= 15 is 0 Å². The molecule has 1 saturated heterocycles. The third-order valence-corrected chi connectivity index (χ3v) is 4.72. The quantitative estimate of drug-likeness (QED) is 0.566. The zero-order chi connectivity index (χ0) is 16.5. The van der Waals surface area contributed by atoms with Crippen molar-refractivity contribution in [2.24, 2.45) is 0 Å². The molecule has 0 aromatic heterocycles. The van der Waals surface area contributed by atoms with Crippen molar-refractivity contribution in [2.45, 2.75) is 58.2 Å². The fourth-order valence-electron chi connectivity index (χ4n) is 3.16. The van der Waals surface area contributed by atoms with Crippen molar-refractivity contribution in [3.8, 4) is 5.75 Å². The zero-order valence-corrected chi connectivity index (χ0v) is 16.1. The van der Waals surface area contributed by atoms with E-state index in [-0.39, 0.29) is 0 Å². The molecule has 130 valence electrons. The minimum atomic E-state index is 0.384. The largest absolute Gasteiger partial charge is 0.494 e. The zero-order valence-electron chi connectivity index (χ0n) is 14.5. The van der Waals surface area contributed by atoms with Gasteiger partial charge in [0.2, 0.25) is 0 Å². The number of ether oxygens (including phenoxy) is 2. The molecule has 0 aliphatic carbocycles. The van der Waals surface area contributed by atoms with Crippen LogP contribution in [0.15, 0.2) is 28.7 Å². The molecule has 0 N–H and O–H groups in total. The molecule has 1 aromatic rings. The molecule has 1 aliphatic heterocycles. The standard InChI is InChI=1S/C19H30BrNO2/c1-16-14-21(15-17(2)23-16)12-6-4-3-5-7-13-22-19-10-8-18(20)9-11-19/h8-11,16-17H,3-7,12-15H2,1-2H3/t16-,17+. The van der Waals surface area contributed by atoms with Gasteiger partial charge in [-0.15, -0.1) is 0 Å². The highest BCUT2D eigenvalue weighted by atomic mass is 79.9. The number of halogens is 1. The van der Waals surface area contributed by atoms with Gasteiger partial charge in [0.05, 0.1) is 18.8 Å².